The van der Waals surface area contributed by atoms with Crippen LogP contribution in [0, 0.1) is 5.41 Å². The first-order chi connectivity index (χ1) is 7.81. The van der Waals surface area contributed by atoms with E-state index in [1.54, 1.807) is 0 Å². The van der Waals surface area contributed by atoms with Crippen LogP contribution in [0.2, 0.25) is 0 Å². The molecule has 0 aromatic rings. The molecule has 1 saturated carbocycles. The first-order valence-corrected chi connectivity index (χ1v) is 6.14. The molecule has 2 rings (SSSR count). The van der Waals surface area contributed by atoms with Gasteiger partial charge in [0.05, 0.1) is 13.2 Å². The van der Waals surface area contributed by atoms with Crippen molar-refractivity contribution in [2.75, 3.05) is 13.2 Å². The average molecular weight is 242 g/mol. The minimum absolute atomic E-state index is 0.0969. The molecule has 0 aromatic carbocycles. The van der Waals surface area contributed by atoms with Gasteiger partial charge >= 0.3 is 6.09 Å². The van der Waals surface area contributed by atoms with E-state index in [1.165, 1.54) is 0 Å². The van der Waals surface area contributed by atoms with Gasteiger partial charge in [0.1, 0.15) is 5.60 Å². The van der Waals surface area contributed by atoms with Crippen molar-refractivity contribution in [2.45, 2.75) is 51.3 Å². The Morgan fingerprint density at radius 1 is 1.47 bits per heavy atom. The van der Waals surface area contributed by atoms with Gasteiger partial charge in [-0.15, -0.1) is 0 Å². The number of carbonyl (C=O) groups is 1. The van der Waals surface area contributed by atoms with E-state index in [9.17, 15) is 4.79 Å². The summed E-state index contributed by atoms with van der Waals surface area (Å²) in [5.74, 6) is 0. The molecule has 0 radical (unpaired) electrons. The summed E-state index contributed by atoms with van der Waals surface area (Å²) in [4.78, 5) is 11.6. The highest BCUT2D eigenvalue weighted by Gasteiger charge is 2.52. The molecule has 1 atom stereocenters. The number of alkyl carbamates (subject to hydrolysis) is 1. The Balaban J connectivity index is 1.75. The van der Waals surface area contributed by atoms with E-state index in [0.29, 0.717) is 6.61 Å². The van der Waals surface area contributed by atoms with Gasteiger partial charge in [0.2, 0.25) is 0 Å². The van der Waals surface area contributed by atoms with E-state index in [0.717, 1.165) is 19.4 Å². The third kappa shape index (κ3) is 2.72. The van der Waals surface area contributed by atoms with E-state index in [4.69, 9.17) is 15.2 Å². The Morgan fingerprint density at radius 2 is 2.12 bits per heavy atom. The zero-order valence-corrected chi connectivity index (χ0v) is 10.8. The Hall–Kier alpha value is -0.810. The summed E-state index contributed by atoms with van der Waals surface area (Å²) in [6.45, 7) is 6.93. The summed E-state index contributed by atoms with van der Waals surface area (Å²) < 4.78 is 10.6. The number of amides is 1. The molecule has 5 nitrogen and oxygen atoms in total. The molecule has 1 spiro atoms. The van der Waals surface area contributed by atoms with Gasteiger partial charge < -0.3 is 20.5 Å². The Morgan fingerprint density at radius 3 is 2.59 bits per heavy atom. The van der Waals surface area contributed by atoms with Gasteiger partial charge in [-0.05, 0) is 33.6 Å². The number of nitrogens with two attached hydrogens (primary N) is 1. The lowest BCUT2D eigenvalue weighted by Crippen LogP contribution is -2.58. The second kappa shape index (κ2) is 4.14. The predicted molar refractivity (Wildman–Crippen MR) is 63.6 cm³/mol. The lowest BCUT2D eigenvalue weighted by atomic mass is 9.63. The molecule has 1 amide bonds. The van der Waals surface area contributed by atoms with Gasteiger partial charge in [0.15, 0.2) is 0 Å². The van der Waals surface area contributed by atoms with Crippen LogP contribution < -0.4 is 11.1 Å². The highest BCUT2D eigenvalue weighted by Crippen LogP contribution is 2.46. The van der Waals surface area contributed by atoms with E-state index >= 15 is 0 Å². The van der Waals surface area contributed by atoms with Gasteiger partial charge in [-0.2, -0.15) is 0 Å². The topological polar surface area (TPSA) is 73.6 Å². The maximum Gasteiger partial charge on any atom is 0.407 e. The van der Waals surface area contributed by atoms with Crippen LogP contribution in [0.5, 0.6) is 0 Å². The molecule has 17 heavy (non-hydrogen) atoms. The summed E-state index contributed by atoms with van der Waals surface area (Å²) in [5, 5.41) is 2.87. The Labute approximate surface area is 102 Å². The first kappa shape index (κ1) is 12.6. The second-order valence-corrected chi connectivity index (χ2v) is 6.24. The van der Waals surface area contributed by atoms with E-state index in [2.05, 4.69) is 5.32 Å². The van der Waals surface area contributed by atoms with E-state index in [1.807, 2.05) is 20.8 Å². The first-order valence-electron chi connectivity index (χ1n) is 6.14. The molecular formula is C12H22N2O3. The third-order valence-corrected chi connectivity index (χ3v) is 3.50. The van der Waals surface area contributed by atoms with Crippen LogP contribution in [-0.4, -0.2) is 37.0 Å². The average Bonchev–Trinajstić information content (AvgIpc) is 2.43. The molecule has 2 aliphatic rings. The largest absolute Gasteiger partial charge is 0.444 e. The van der Waals surface area contributed by atoms with Crippen LogP contribution in [0.1, 0.15) is 33.6 Å². The Kier molecular flexibility index (Phi) is 3.08. The SMILES string of the molecule is CC(C)(C)OC(=O)NC1CC2(COCC2N)C1. The van der Waals surface area contributed by atoms with Crippen molar-refractivity contribution in [3.63, 3.8) is 0 Å². The van der Waals surface area contributed by atoms with Gasteiger partial charge in [-0.25, -0.2) is 4.79 Å². The van der Waals surface area contributed by atoms with Crippen LogP contribution >= 0.6 is 0 Å². The van der Waals surface area contributed by atoms with Crippen LogP contribution in [0.15, 0.2) is 0 Å². The summed E-state index contributed by atoms with van der Waals surface area (Å²) in [6, 6.07) is 0.289. The monoisotopic (exact) mass is 242 g/mol. The molecule has 0 bridgehead atoms. The molecule has 1 aliphatic heterocycles. The molecule has 1 heterocycles. The number of hydrogen-bond acceptors (Lipinski definition) is 4. The molecule has 1 saturated heterocycles. The van der Waals surface area contributed by atoms with Crippen molar-refractivity contribution in [3.05, 3.63) is 0 Å². The minimum Gasteiger partial charge on any atom is -0.444 e. The second-order valence-electron chi connectivity index (χ2n) is 6.24. The van der Waals surface area contributed by atoms with Gasteiger partial charge in [-0.1, -0.05) is 0 Å². The zero-order valence-electron chi connectivity index (χ0n) is 10.8. The van der Waals surface area contributed by atoms with Gasteiger partial charge in [0.25, 0.3) is 0 Å². The van der Waals surface area contributed by atoms with Crippen molar-refractivity contribution >= 4 is 6.09 Å². The minimum atomic E-state index is -0.446. The lowest BCUT2D eigenvalue weighted by Gasteiger charge is -2.46. The fourth-order valence-electron chi connectivity index (χ4n) is 2.59. The van der Waals surface area contributed by atoms with Crippen LogP contribution in [0.3, 0.4) is 0 Å². The fourth-order valence-corrected chi connectivity index (χ4v) is 2.59. The summed E-state index contributed by atoms with van der Waals surface area (Å²) in [5.41, 5.74) is 5.65. The molecule has 1 unspecified atom stereocenters. The standard InChI is InChI=1S/C12H22N2O3/c1-11(2,3)17-10(15)14-8-4-12(5-8)7-16-6-9(12)13/h8-9H,4-7,13H2,1-3H3,(H,14,15). The number of nitrogens with one attached hydrogen (secondary N) is 1. The van der Waals surface area contributed by atoms with Crippen LogP contribution in [0.4, 0.5) is 4.79 Å². The number of ether oxygens (including phenoxy) is 2. The highest BCUT2D eigenvalue weighted by atomic mass is 16.6. The predicted octanol–water partition coefficient (Wildman–Crippen LogP) is 1.02. The normalized spacial score (nSPS) is 36.7. The van der Waals surface area contributed by atoms with Crippen LogP contribution in [-0.2, 0) is 9.47 Å². The third-order valence-electron chi connectivity index (χ3n) is 3.50. The molecule has 3 N–H and O–H groups in total. The van der Waals surface area contributed by atoms with Crippen molar-refractivity contribution in [3.8, 4) is 0 Å². The van der Waals surface area contributed by atoms with Crippen molar-refractivity contribution < 1.29 is 14.3 Å². The van der Waals surface area contributed by atoms with Gasteiger partial charge in [0, 0.05) is 17.5 Å². The zero-order chi connectivity index (χ0) is 12.7. The number of rotatable bonds is 1. The number of hydrogen-bond donors (Lipinski definition) is 2. The quantitative estimate of drug-likeness (QED) is 0.720. The molecule has 5 heteroatoms. The smallest absolute Gasteiger partial charge is 0.407 e. The van der Waals surface area contributed by atoms with E-state index < -0.39 is 5.60 Å². The van der Waals surface area contributed by atoms with Crippen molar-refractivity contribution in [1.29, 1.82) is 0 Å². The lowest BCUT2D eigenvalue weighted by molar-refractivity contribution is 0.0242. The number of carbonyl (C=O) groups excluding carboxylic acids is 1. The van der Waals surface area contributed by atoms with E-state index in [-0.39, 0.29) is 23.6 Å². The highest BCUT2D eigenvalue weighted by molar-refractivity contribution is 5.68. The molecule has 98 valence electrons. The maximum atomic E-state index is 11.6. The fraction of sp³-hybridized carbons (Fsp3) is 0.917. The van der Waals surface area contributed by atoms with Gasteiger partial charge in [-0.3, -0.25) is 0 Å². The molecule has 2 fully saturated rings. The molecular weight excluding hydrogens is 220 g/mol. The maximum absolute atomic E-state index is 11.6. The van der Waals surface area contributed by atoms with Crippen molar-refractivity contribution in [1.82, 2.24) is 5.32 Å². The van der Waals surface area contributed by atoms with Crippen LogP contribution in [0.25, 0.3) is 0 Å². The summed E-state index contributed by atoms with van der Waals surface area (Å²) in [6.07, 6.45) is 1.45. The molecule has 1 aliphatic carbocycles. The van der Waals surface area contributed by atoms with Crippen molar-refractivity contribution in [2.24, 2.45) is 11.1 Å². The Bertz CT molecular complexity index is 305. The summed E-state index contributed by atoms with van der Waals surface area (Å²) >= 11 is 0. The summed E-state index contributed by atoms with van der Waals surface area (Å²) in [7, 11) is 0. The molecule has 0 aromatic heterocycles.